The molecule has 3 N–H and O–H groups in total. The number of aryl methyl sites for hydroxylation is 1. The van der Waals surface area contributed by atoms with Crippen LogP contribution < -0.4 is 10.1 Å². The summed E-state index contributed by atoms with van der Waals surface area (Å²) in [6, 6.07) is 3.96. The third kappa shape index (κ3) is 5.88. The van der Waals surface area contributed by atoms with Crippen LogP contribution >= 0.6 is 0 Å². The largest absolute Gasteiger partial charge is 0.573 e. The molecule has 33 heavy (non-hydrogen) atoms. The Morgan fingerprint density at radius 3 is 2.52 bits per heavy atom. The molecule has 0 saturated carbocycles. The van der Waals surface area contributed by atoms with Gasteiger partial charge < -0.3 is 25.2 Å². The van der Waals surface area contributed by atoms with E-state index in [-0.39, 0.29) is 42.7 Å². The number of hydrogen-bond acceptors (Lipinski definition) is 5. The maximum Gasteiger partial charge on any atom is 0.573 e. The summed E-state index contributed by atoms with van der Waals surface area (Å²) in [5, 5.41) is 21.0. The number of aliphatic hydroxyl groups is 2. The fourth-order valence-electron chi connectivity index (χ4n) is 3.54. The summed E-state index contributed by atoms with van der Waals surface area (Å²) in [5.74, 6) is -1.36. The SMILES string of the molecule is Cc1cc(NC(=O)N2CCC(F)(c3ncc([C@@H](O)CO)cc3F)CC2)ccc1OC(F)(F)F. The Bertz CT molecular complexity index is 1010. The van der Waals surface area contributed by atoms with Crippen LogP contribution in [0.5, 0.6) is 5.75 Å². The van der Waals surface area contributed by atoms with Gasteiger partial charge in [0.15, 0.2) is 5.67 Å². The van der Waals surface area contributed by atoms with E-state index < -0.39 is 48.0 Å². The zero-order chi connectivity index (χ0) is 24.4. The first-order valence-electron chi connectivity index (χ1n) is 9.98. The number of rotatable bonds is 5. The molecule has 12 heteroatoms. The summed E-state index contributed by atoms with van der Waals surface area (Å²) >= 11 is 0. The molecule has 0 bridgehead atoms. The summed E-state index contributed by atoms with van der Waals surface area (Å²) in [4.78, 5) is 17.6. The van der Waals surface area contributed by atoms with Gasteiger partial charge in [0.2, 0.25) is 0 Å². The van der Waals surface area contributed by atoms with E-state index in [0.29, 0.717) is 0 Å². The predicted molar refractivity (Wildman–Crippen MR) is 107 cm³/mol. The van der Waals surface area contributed by atoms with Gasteiger partial charge in [-0.2, -0.15) is 0 Å². The van der Waals surface area contributed by atoms with Gasteiger partial charge in [0.05, 0.1) is 6.61 Å². The number of alkyl halides is 4. The second-order valence-electron chi connectivity index (χ2n) is 7.71. The van der Waals surface area contributed by atoms with Crippen molar-refractivity contribution in [3.05, 3.63) is 53.1 Å². The van der Waals surface area contributed by atoms with Gasteiger partial charge in [-0.05, 0) is 36.8 Å². The second kappa shape index (κ2) is 9.48. The lowest BCUT2D eigenvalue weighted by Crippen LogP contribution is -2.45. The number of halogens is 5. The van der Waals surface area contributed by atoms with Crippen LogP contribution in [0.1, 0.15) is 35.8 Å². The highest BCUT2D eigenvalue weighted by atomic mass is 19.4. The van der Waals surface area contributed by atoms with Crippen molar-refractivity contribution >= 4 is 11.7 Å². The van der Waals surface area contributed by atoms with Gasteiger partial charge in [0.25, 0.3) is 0 Å². The molecule has 1 aromatic heterocycles. The number of piperidine rings is 1. The molecule has 1 aliphatic heterocycles. The molecule has 0 aliphatic carbocycles. The van der Waals surface area contributed by atoms with Crippen molar-refractivity contribution in [2.45, 2.75) is 37.9 Å². The summed E-state index contributed by atoms with van der Waals surface area (Å²) < 4.78 is 70.8. The molecule has 0 spiro atoms. The van der Waals surface area contributed by atoms with E-state index in [1.54, 1.807) is 0 Å². The lowest BCUT2D eigenvalue weighted by Gasteiger charge is -2.36. The number of carbonyl (C=O) groups is 1. The van der Waals surface area contributed by atoms with Crippen molar-refractivity contribution in [3.63, 3.8) is 0 Å². The number of amides is 2. The molecule has 180 valence electrons. The lowest BCUT2D eigenvalue weighted by atomic mass is 9.89. The Balaban J connectivity index is 1.62. The van der Waals surface area contributed by atoms with Gasteiger partial charge >= 0.3 is 12.4 Å². The van der Waals surface area contributed by atoms with Crippen molar-refractivity contribution in [1.29, 1.82) is 0 Å². The predicted octanol–water partition coefficient (Wildman–Crippen LogP) is 3.95. The minimum Gasteiger partial charge on any atom is -0.406 e. The third-order valence-electron chi connectivity index (χ3n) is 5.34. The van der Waals surface area contributed by atoms with E-state index in [0.717, 1.165) is 18.3 Å². The summed E-state index contributed by atoms with van der Waals surface area (Å²) in [6.45, 7) is 0.641. The van der Waals surface area contributed by atoms with Gasteiger partial charge in [0.1, 0.15) is 23.4 Å². The van der Waals surface area contributed by atoms with Crippen molar-refractivity contribution in [3.8, 4) is 5.75 Å². The van der Waals surface area contributed by atoms with Crippen LogP contribution in [-0.2, 0) is 5.67 Å². The Hall–Kier alpha value is -2.99. The molecule has 0 radical (unpaired) electrons. The smallest absolute Gasteiger partial charge is 0.406 e. The van der Waals surface area contributed by atoms with Crippen molar-refractivity contribution in [2.24, 2.45) is 0 Å². The number of anilines is 1. The van der Waals surface area contributed by atoms with Crippen molar-refractivity contribution in [2.75, 3.05) is 25.0 Å². The molecule has 1 fully saturated rings. The molecule has 2 heterocycles. The molecule has 3 rings (SSSR count). The summed E-state index contributed by atoms with van der Waals surface area (Å²) in [6.07, 6.45) is -5.54. The summed E-state index contributed by atoms with van der Waals surface area (Å²) in [5.41, 5.74) is -2.16. The Kier molecular flexibility index (Phi) is 7.08. The van der Waals surface area contributed by atoms with Gasteiger partial charge in [0, 0.05) is 43.4 Å². The van der Waals surface area contributed by atoms with Crippen molar-refractivity contribution in [1.82, 2.24) is 9.88 Å². The van der Waals surface area contributed by atoms with Crippen LogP contribution in [-0.4, -0.2) is 52.2 Å². The minimum atomic E-state index is -4.84. The van der Waals surface area contributed by atoms with Crippen LogP contribution in [0, 0.1) is 12.7 Å². The number of aliphatic hydroxyl groups excluding tert-OH is 2. The monoisotopic (exact) mass is 475 g/mol. The molecule has 0 unspecified atom stereocenters. The molecule has 2 amide bonds. The third-order valence-corrected chi connectivity index (χ3v) is 5.34. The van der Waals surface area contributed by atoms with E-state index in [1.807, 2.05) is 0 Å². The highest BCUT2D eigenvalue weighted by Crippen LogP contribution is 2.38. The van der Waals surface area contributed by atoms with E-state index in [9.17, 15) is 27.5 Å². The van der Waals surface area contributed by atoms with Gasteiger partial charge in [-0.3, -0.25) is 4.98 Å². The van der Waals surface area contributed by atoms with E-state index >= 15 is 4.39 Å². The number of benzene rings is 1. The van der Waals surface area contributed by atoms with Gasteiger partial charge in [-0.15, -0.1) is 13.2 Å². The van der Waals surface area contributed by atoms with Gasteiger partial charge in [-0.25, -0.2) is 13.6 Å². The maximum atomic E-state index is 15.4. The number of carbonyl (C=O) groups excluding carboxylic acids is 1. The highest BCUT2D eigenvalue weighted by molar-refractivity contribution is 5.89. The zero-order valence-electron chi connectivity index (χ0n) is 17.5. The number of aromatic nitrogens is 1. The molecule has 1 aromatic carbocycles. The normalized spacial score (nSPS) is 16.9. The number of nitrogens with zero attached hydrogens (tertiary/aromatic N) is 2. The molecule has 7 nitrogen and oxygen atoms in total. The molecule has 1 atom stereocenters. The summed E-state index contributed by atoms with van der Waals surface area (Å²) in [7, 11) is 0. The Labute approximate surface area is 185 Å². The number of ether oxygens (including phenoxy) is 1. The topological polar surface area (TPSA) is 94.9 Å². The van der Waals surface area contributed by atoms with Crippen LogP contribution in [0.15, 0.2) is 30.5 Å². The van der Waals surface area contributed by atoms with E-state index in [1.165, 1.54) is 24.0 Å². The number of hydrogen-bond donors (Lipinski definition) is 3. The average Bonchev–Trinajstić information content (AvgIpc) is 2.74. The standard InChI is InChI=1S/C21H22F5N3O4/c1-12-8-14(2-3-17(12)33-21(24,25)26)28-19(32)29-6-4-20(23,5-7-29)18-15(22)9-13(10-27-18)16(31)11-30/h2-3,8-10,16,30-31H,4-7,11H2,1H3,(H,28,32)/t16-/m0/s1. The highest BCUT2D eigenvalue weighted by Gasteiger charge is 2.41. The van der Waals surface area contributed by atoms with Crippen molar-refractivity contribution < 1.29 is 41.7 Å². The Morgan fingerprint density at radius 2 is 1.97 bits per heavy atom. The first-order chi connectivity index (χ1) is 15.4. The van der Waals surface area contributed by atoms with Crippen LogP contribution in [0.3, 0.4) is 0 Å². The van der Waals surface area contributed by atoms with E-state index in [2.05, 4.69) is 15.0 Å². The first-order valence-corrected chi connectivity index (χ1v) is 9.98. The van der Waals surface area contributed by atoms with Crippen LogP contribution in [0.25, 0.3) is 0 Å². The first kappa shape index (κ1) is 24.6. The molecule has 2 aromatic rings. The molecule has 1 saturated heterocycles. The molecule has 1 aliphatic rings. The lowest BCUT2D eigenvalue weighted by molar-refractivity contribution is -0.274. The Morgan fingerprint density at radius 1 is 1.30 bits per heavy atom. The number of pyridine rings is 1. The zero-order valence-corrected chi connectivity index (χ0v) is 17.5. The van der Waals surface area contributed by atoms with E-state index in [4.69, 9.17) is 5.11 Å². The number of urea groups is 1. The quantitative estimate of drug-likeness (QED) is 0.570. The fraction of sp³-hybridized carbons (Fsp3) is 0.429. The molecular formula is C21H22F5N3O4. The molecular weight excluding hydrogens is 453 g/mol. The second-order valence-corrected chi connectivity index (χ2v) is 7.71. The van der Waals surface area contributed by atoms with Crippen LogP contribution in [0.4, 0.5) is 32.4 Å². The van der Waals surface area contributed by atoms with Gasteiger partial charge in [-0.1, -0.05) is 0 Å². The maximum absolute atomic E-state index is 15.4. The number of likely N-dealkylation sites (tertiary alicyclic amines) is 1. The fourth-order valence-corrected chi connectivity index (χ4v) is 3.54. The minimum absolute atomic E-state index is 0.0149. The average molecular weight is 475 g/mol. The van der Waals surface area contributed by atoms with Crippen LogP contribution in [0.2, 0.25) is 0 Å². The number of nitrogens with one attached hydrogen (secondary N) is 1.